The Balaban J connectivity index is 2.69. The molecule has 4 heteroatoms. The zero-order valence-corrected chi connectivity index (χ0v) is 8.56. The Morgan fingerprint density at radius 2 is 1.38 bits per heavy atom. The number of ether oxygens (including phenoxy) is 3. The van der Waals surface area contributed by atoms with Crippen LogP contribution < -0.4 is 0 Å². The highest BCUT2D eigenvalue weighted by molar-refractivity contribution is 4.90. The molecule has 1 fully saturated rings. The Morgan fingerprint density at radius 1 is 1.00 bits per heavy atom. The zero-order chi connectivity index (χ0) is 10.0. The summed E-state index contributed by atoms with van der Waals surface area (Å²) in [7, 11) is 3.13. The molecule has 0 amide bonds. The lowest BCUT2D eigenvalue weighted by atomic mass is 9.96. The minimum atomic E-state index is -0.617. The molecule has 0 spiro atoms. The van der Waals surface area contributed by atoms with Gasteiger partial charge in [0, 0.05) is 14.2 Å². The Bertz CT molecular complexity index is 146. The molecule has 78 valence electrons. The van der Waals surface area contributed by atoms with Gasteiger partial charge in [0.1, 0.15) is 18.3 Å². The number of hydrogen-bond donors (Lipinski definition) is 1. The fourth-order valence-corrected chi connectivity index (χ4v) is 1.90. The van der Waals surface area contributed by atoms with Crippen LogP contribution in [0, 0.1) is 0 Å². The van der Waals surface area contributed by atoms with E-state index in [1.807, 2.05) is 13.8 Å². The summed E-state index contributed by atoms with van der Waals surface area (Å²) in [6.07, 6.45) is -1.42. The maximum Gasteiger partial charge on any atom is 0.111 e. The molecule has 1 saturated heterocycles. The molecule has 1 heterocycles. The summed E-state index contributed by atoms with van der Waals surface area (Å²) >= 11 is 0. The number of aliphatic hydroxyl groups is 1. The highest BCUT2D eigenvalue weighted by Crippen LogP contribution is 2.24. The first-order chi connectivity index (χ1) is 6.11. The van der Waals surface area contributed by atoms with E-state index in [-0.39, 0.29) is 24.4 Å². The van der Waals surface area contributed by atoms with Crippen molar-refractivity contribution in [1.82, 2.24) is 0 Å². The van der Waals surface area contributed by atoms with Crippen molar-refractivity contribution >= 4 is 0 Å². The minimum Gasteiger partial charge on any atom is -0.387 e. The van der Waals surface area contributed by atoms with Crippen molar-refractivity contribution in [3.8, 4) is 0 Å². The molecule has 0 aromatic rings. The van der Waals surface area contributed by atoms with Crippen LogP contribution in [-0.2, 0) is 14.2 Å². The van der Waals surface area contributed by atoms with Gasteiger partial charge in [-0.15, -0.1) is 0 Å². The van der Waals surface area contributed by atoms with Crippen molar-refractivity contribution in [2.45, 2.75) is 44.4 Å². The highest BCUT2D eigenvalue weighted by Gasteiger charge is 2.41. The molecule has 0 aliphatic carbocycles. The van der Waals surface area contributed by atoms with Crippen LogP contribution in [0.25, 0.3) is 0 Å². The van der Waals surface area contributed by atoms with Gasteiger partial charge in [-0.1, -0.05) is 0 Å². The third kappa shape index (κ3) is 2.02. The van der Waals surface area contributed by atoms with E-state index in [2.05, 4.69) is 0 Å². The van der Waals surface area contributed by atoms with E-state index in [0.29, 0.717) is 0 Å². The van der Waals surface area contributed by atoms with Crippen molar-refractivity contribution < 1.29 is 19.3 Å². The van der Waals surface area contributed by atoms with Crippen molar-refractivity contribution in [2.24, 2.45) is 0 Å². The fourth-order valence-electron chi connectivity index (χ4n) is 1.90. The summed E-state index contributed by atoms with van der Waals surface area (Å²) in [4.78, 5) is 0. The van der Waals surface area contributed by atoms with E-state index < -0.39 is 6.10 Å². The molecule has 0 bridgehead atoms. The Kier molecular flexibility index (Phi) is 3.67. The summed E-state index contributed by atoms with van der Waals surface area (Å²) in [6, 6.07) is 0. The Labute approximate surface area is 78.8 Å². The van der Waals surface area contributed by atoms with Gasteiger partial charge in [-0.25, -0.2) is 0 Å². The largest absolute Gasteiger partial charge is 0.387 e. The van der Waals surface area contributed by atoms with Gasteiger partial charge in [0.25, 0.3) is 0 Å². The van der Waals surface area contributed by atoms with E-state index >= 15 is 0 Å². The highest BCUT2D eigenvalue weighted by atomic mass is 16.6. The second-order valence-corrected chi connectivity index (χ2v) is 3.44. The van der Waals surface area contributed by atoms with Crippen LogP contribution in [0.2, 0.25) is 0 Å². The van der Waals surface area contributed by atoms with E-state index in [4.69, 9.17) is 14.2 Å². The first-order valence-corrected chi connectivity index (χ1v) is 4.51. The lowest BCUT2D eigenvalue weighted by Gasteiger charge is -2.41. The molecular formula is C9H18O4. The predicted molar refractivity (Wildman–Crippen MR) is 47.6 cm³/mol. The van der Waals surface area contributed by atoms with E-state index in [9.17, 15) is 5.11 Å². The van der Waals surface area contributed by atoms with Gasteiger partial charge in [0.15, 0.2) is 0 Å². The molecule has 1 rings (SSSR count). The van der Waals surface area contributed by atoms with Crippen LogP contribution in [0.4, 0.5) is 0 Å². The third-order valence-electron chi connectivity index (χ3n) is 2.57. The van der Waals surface area contributed by atoms with Gasteiger partial charge < -0.3 is 19.3 Å². The monoisotopic (exact) mass is 190 g/mol. The van der Waals surface area contributed by atoms with Gasteiger partial charge in [0.05, 0.1) is 12.2 Å². The van der Waals surface area contributed by atoms with E-state index in [0.717, 1.165) is 0 Å². The number of rotatable bonds is 2. The van der Waals surface area contributed by atoms with E-state index in [1.165, 1.54) is 0 Å². The molecule has 1 N–H and O–H groups in total. The standard InChI is InChI=1S/C9H18O4/c1-5-8(11-3)7(10)9(12-4)6(2)13-5/h5-10H,1-4H3. The van der Waals surface area contributed by atoms with Gasteiger partial charge in [-0.3, -0.25) is 0 Å². The molecule has 13 heavy (non-hydrogen) atoms. The SMILES string of the molecule is COC1C(C)OC(C)C(OC)C1O. The van der Waals surface area contributed by atoms with Crippen LogP contribution in [0.3, 0.4) is 0 Å². The Morgan fingerprint density at radius 3 is 1.69 bits per heavy atom. The average Bonchev–Trinajstić information content (AvgIpc) is 2.04. The fraction of sp³-hybridized carbons (Fsp3) is 1.00. The number of aliphatic hydroxyl groups excluding tert-OH is 1. The molecule has 4 unspecified atom stereocenters. The van der Waals surface area contributed by atoms with Gasteiger partial charge >= 0.3 is 0 Å². The van der Waals surface area contributed by atoms with Gasteiger partial charge in [0.2, 0.25) is 0 Å². The smallest absolute Gasteiger partial charge is 0.111 e. The second kappa shape index (κ2) is 4.37. The van der Waals surface area contributed by atoms with E-state index in [1.54, 1.807) is 14.2 Å². The summed E-state index contributed by atoms with van der Waals surface area (Å²) < 4.78 is 15.8. The Hall–Kier alpha value is -0.160. The van der Waals surface area contributed by atoms with Crippen LogP contribution in [0.15, 0.2) is 0 Å². The maximum atomic E-state index is 9.84. The lowest BCUT2D eigenvalue weighted by Crippen LogP contribution is -2.57. The summed E-state index contributed by atoms with van der Waals surface area (Å²) in [5.74, 6) is 0. The van der Waals surface area contributed by atoms with Gasteiger partial charge in [-0.2, -0.15) is 0 Å². The molecule has 0 aromatic heterocycles. The number of hydrogen-bond acceptors (Lipinski definition) is 4. The second-order valence-electron chi connectivity index (χ2n) is 3.44. The molecule has 1 aliphatic heterocycles. The van der Waals surface area contributed by atoms with Crippen molar-refractivity contribution in [1.29, 1.82) is 0 Å². The van der Waals surface area contributed by atoms with Gasteiger partial charge in [-0.05, 0) is 13.8 Å². The quantitative estimate of drug-likeness (QED) is 0.675. The normalized spacial score (nSPS) is 46.4. The van der Waals surface area contributed by atoms with Crippen molar-refractivity contribution in [3.63, 3.8) is 0 Å². The zero-order valence-electron chi connectivity index (χ0n) is 8.56. The molecule has 0 aromatic carbocycles. The average molecular weight is 190 g/mol. The molecule has 0 saturated carbocycles. The maximum absolute atomic E-state index is 9.84. The summed E-state index contributed by atoms with van der Waals surface area (Å²) in [5.41, 5.74) is 0. The van der Waals surface area contributed by atoms with Crippen molar-refractivity contribution in [2.75, 3.05) is 14.2 Å². The van der Waals surface area contributed by atoms with Crippen LogP contribution >= 0.6 is 0 Å². The van der Waals surface area contributed by atoms with Crippen LogP contribution in [0.1, 0.15) is 13.8 Å². The lowest BCUT2D eigenvalue weighted by molar-refractivity contribution is -0.226. The third-order valence-corrected chi connectivity index (χ3v) is 2.57. The minimum absolute atomic E-state index is 0.0959. The topological polar surface area (TPSA) is 47.9 Å². The van der Waals surface area contributed by atoms with Crippen LogP contribution in [0.5, 0.6) is 0 Å². The first-order valence-electron chi connectivity index (χ1n) is 4.51. The molecule has 0 radical (unpaired) electrons. The molecule has 4 nitrogen and oxygen atoms in total. The van der Waals surface area contributed by atoms with Crippen LogP contribution in [-0.4, -0.2) is 49.8 Å². The van der Waals surface area contributed by atoms with Crippen molar-refractivity contribution in [3.05, 3.63) is 0 Å². The molecule has 1 aliphatic rings. The molecule has 4 atom stereocenters. The summed E-state index contributed by atoms with van der Waals surface area (Å²) in [5, 5.41) is 9.84. The number of methoxy groups -OCH3 is 2. The summed E-state index contributed by atoms with van der Waals surface area (Å²) in [6.45, 7) is 3.78. The predicted octanol–water partition coefficient (Wildman–Crippen LogP) is 0.185. The first kappa shape index (κ1) is 10.9. The molecular weight excluding hydrogens is 172 g/mol.